The van der Waals surface area contributed by atoms with Gasteiger partial charge in [-0.25, -0.2) is 45.9 Å². The molecule has 2 aliphatic heterocycles. The number of esters is 6. The van der Waals surface area contributed by atoms with Crippen LogP contribution in [-0.4, -0.2) is 106 Å². The number of hydrogen-bond donors (Lipinski definition) is 0. The molecule has 14 atom stereocenters. The highest BCUT2D eigenvalue weighted by atomic mass is 19.4. The third kappa shape index (κ3) is 6.29. The van der Waals surface area contributed by atoms with Gasteiger partial charge in [0.15, 0.2) is 5.41 Å². The van der Waals surface area contributed by atoms with Gasteiger partial charge in [0, 0.05) is 23.7 Å². The lowest BCUT2D eigenvalue weighted by Gasteiger charge is -2.40. The largest absolute Gasteiger partial charge is 0.457 e. The molecule has 8 aliphatic rings. The Morgan fingerprint density at radius 1 is 0.603 bits per heavy atom. The molecule has 0 aromatic rings. The fraction of sp³-hybridized carbons (Fsp3) is 0.860. The molecule has 0 aromatic heterocycles. The van der Waals surface area contributed by atoms with Gasteiger partial charge in [-0.3, -0.25) is 4.79 Å². The summed E-state index contributed by atoms with van der Waals surface area (Å²) in [7, 11) is 0. The van der Waals surface area contributed by atoms with Crippen LogP contribution in [0.5, 0.6) is 0 Å². The van der Waals surface area contributed by atoms with Gasteiger partial charge >= 0.3 is 42.0 Å². The molecule has 6 saturated carbocycles. The van der Waals surface area contributed by atoms with Crippen molar-refractivity contribution in [1.29, 1.82) is 0 Å². The van der Waals surface area contributed by atoms with Gasteiger partial charge in [0.1, 0.15) is 35.6 Å². The molecule has 0 aromatic carbocycles. The third-order valence-corrected chi connectivity index (χ3v) is 16.3. The minimum Gasteiger partial charge on any atom is -0.457 e. The van der Waals surface area contributed by atoms with E-state index in [4.69, 9.17) is 28.4 Å². The van der Waals surface area contributed by atoms with Crippen LogP contribution in [0.15, 0.2) is 0 Å². The monoisotopic (exact) mass is 914 g/mol. The molecule has 0 N–H and O–H groups in total. The third-order valence-electron chi connectivity index (χ3n) is 16.3. The highest BCUT2D eigenvalue weighted by Crippen LogP contribution is 2.68. The fourth-order valence-corrected chi connectivity index (χ4v) is 11.6. The van der Waals surface area contributed by atoms with Crippen molar-refractivity contribution in [2.75, 3.05) is 0 Å². The quantitative estimate of drug-likeness (QED) is 0.109. The highest BCUT2D eigenvalue weighted by Gasteiger charge is 2.90. The standard InChI is InChI=1S/C22H27F5O6.C21H27F3O6/c1-4-18(3,22(25,26)27)15(28)31-13-12-10-11-14(13)32-16(29)20(11,23)21(12,24)17(30)33-19(5-2)8-6-7-9-19;1-4-18(3,22)15(25)28-13-12-10-11-14(13)29-16(26)20(11,23)21(12,24)17(27)30-19(5-2)8-6-7-9-19/h11-14H,4-10H2,1-3H3;11-14H,4-10H2,1-3H3. The fourth-order valence-electron chi connectivity index (χ4n) is 11.6. The molecule has 63 heavy (non-hydrogen) atoms. The average Bonchev–Trinajstić information content (AvgIpc) is 4.12. The van der Waals surface area contributed by atoms with Gasteiger partial charge in [-0.15, -0.1) is 0 Å². The Balaban J connectivity index is 0.000000190. The highest BCUT2D eigenvalue weighted by molar-refractivity contribution is 5.98. The lowest BCUT2D eigenvalue weighted by Crippen LogP contribution is -2.64. The Morgan fingerprint density at radius 2 is 0.968 bits per heavy atom. The summed E-state index contributed by atoms with van der Waals surface area (Å²) in [6.45, 7) is 7.78. The second-order valence-electron chi connectivity index (χ2n) is 19.2. The number of fused-ring (bicyclic) bond motifs is 2. The SMILES string of the molecule is CCC1(OC(=O)C2(F)C3CC4C(OC(=O)C42F)C3OC(=O)C(C)(CC)C(F)(F)F)CCCC1.CCC1(OC(=O)C2(F)C3CC4C(OC(=O)C42F)C3OC(=O)C(C)(F)CC)CCCC1. The molecule has 12 nitrogen and oxygen atoms in total. The van der Waals surface area contributed by atoms with E-state index in [2.05, 4.69) is 0 Å². The first-order chi connectivity index (χ1) is 29.2. The molecule has 4 bridgehead atoms. The van der Waals surface area contributed by atoms with E-state index in [-0.39, 0.29) is 12.8 Å². The maximum atomic E-state index is 16.4. The van der Waals surface area contributed by atoms with Crippen LogP contribution in [-0.2, 0) is 57.2 Å². The van der Waals surface area contributed by atoms with Gasteiger partial charge < -0.3 is 28.4 Å². The van der Waals surface area contributed by atoms with Crippen LogP contribution < -0.4 is 0 Å². The summed E-state index contributed by atoms with van der Waals surface area (Å²) in [5.74, 6) is -15.1. The summed E-state index contributed by atoms with van der Waals surface area (Å²) in [4.78, 5) is 75.7. The lowest BCUT2D eigenvalue weighted by molar-refractivity contribution is -0.239. The molecular weight excluding hydrogens is 860 g/mol. The van der Waals surface area contributed by atoms with Gasteiger partial charge in [-0.05, 0) is 104 Å². The number of alkyl halides is 8. The summed E-state index contributed by atoms with van der Waals surface area (Å²) < 4.78 is 151. The van der Waals surface area contributed by atoms with E-state index in [1.807, 2.05) is 0 Å². The van der Waals surface area contributed by atoms with Gasteiger partial charge in [0.05, 0.1) is 0 Å². The summed E-state index contributed by atoms with van der Waals surface area (Å²) in [6.07, 6.45) is -6.53. The predicted molar refractivity (Wildman–Crippen MR) is 197 cm³/mol. The first-order valence-electron chi connectivity index (χ1n) is 22.0. The van der Waals surface area contributed by atoms with Crippen LogP contribution in [0.1, 0.15) is 131 Å². The van der Waals surface area contributed by atoms with E-state index < -0.39 is 148 Å². The van der Waals surface area contributed by atoms with E-state index in [1.165, 1.54) is 6.92 Å². The van der Waals surface area contributed by atoms with Crippen molar-refractivity contribution in [2.24, 2.45) is 29.1 Å². The van der Waals surface area contributed by atoms with Crippen molar-refractivity contribution in [2.45, 2.75) is 202 Å². The minimum atomic E-state index is -4.96. The van der Waals surface area contributed by atoms with E-state index in [9.17, 15) is 46.3 Å². The Labute approximate surface area is 358 Å². The summed E-state index contributed by atoms with van der Waals surface area (Å²) >= 11 is 0. The van der Waals surface area contributed by atoms with E-state index in [1.54, 1.807) is 13.8 Å². The molecule has 354 valence electrons. The zero-order valence-corrected chi connectivity index (χ0v) is 35.9. The van der Waals surface area contributed by atoms with Gasteiger partial charge in [0.25, 0.3) is 22.7 Å². The first-order valence-corrected chi connectivity index (χ1v) is 22.0. The van der Waals surface area contributed by atoms with E-state index >= 15 is 17.6 Å². The minimum absolute atomic E-state index is 0.189. The average molecular weight is 915 g/mol. The molecule has 14 unspecified atom stereocenters. The van der Waals surface area contributed by atoms with Gasteiger partial charge in [-0.1, -0.05) is 27.7 Å². The van der Waals surface area contributed by atoms with Crippen LogP contribution >= 0.6 is 0 Å². The number of halogens is 8. The second kappa shape index (κ2) is 15.2. The summed E-state index contributed by atoms with van der Waals surface area (Å²) in [5, 5.41) is 0. The van der Waals surface area contributed by atoms with Crippen LogP contribution in [0.3, 0.4) is 0 Å². The first kappa shape index (κ1) is 47.2. The molecule has 0 spiro atoms. The number of ether oxygens (including phenoxy) is 6. The van der Waals surface area contributed by atoms with Crippen molar-refractivity contribution in [3.63, 3.8) is 0 Å². The molecule has 2 heterocycles. The van der Waals surface area contributed by atoms with Crippen molar-refractivity contribution in [3.05, 3.63) is 0 Å². The predicted octanol–water partition coefficient (Wildman–Crippen LogP) is 7.43. The van der Waals surface area contributed by atoms with E-state index in [0.29, 0.717) is 45.4 Å². The van der Waals surface area contributed by atoms with Gasteiger partial charge in [0.2, 0.25) is 5.67 Å². The smallest absolute Gasteiger partial charge is 0.404 e. The topological polar surface area (TPSA) is 158 Å². The zero-order valence-electron chi connectivity index (χ0n) is 35.9. The Kier molecular flexibility index (Phi) is 11.4. The number of carbonyl (C=O) groups excluding carboxylic acids is 6. The molecule has 8 fully saturated rings. The number of carbonyl (C=O) groups is 6. The molecule has 6 aliphatic carbocycles. The van der Waals surface area contributed by atoms with Crippen molar-refractivity contribution < 1.29 is 92.3 Å². The van der Waals surface area contributed by atoms with Crippen LogP contribution in [0.4, 0.5) is 35.1 Å². The number of hydrogen-bond acceptors (Lipinski definition) is 12. The van der Waals surface area contributed by atoms with E-state index in [0.717, 1.165) is 39.5 Å². The molecular formula is C43H54F8O12. The van der Waals surface area contributed by atoms with Crippen molar-refractivity contribution >= 4 is 35.8 Å². The lowest BCUT2D eigenvalue weighted by atomic mass is 9.73. The van der Waals surface area contributed by atoms with Gasteiger partial charge in [-0.2, -0.15) is 13.2 Å². The van der Waals surface area contributed by atoms with Crippen LogP contribution in [0.2, 0.25) is 0 Å². The molecule has 2 saturated heterocycles. The maximum absolute atomic E-state index is 16.4. The normalized spacial score (nSPS) is 41.5. The Bertz CT molecular complexity index is 1920. The number of rotatable bonds is 12. The second-order valence-corrected chi connectivity index (χ2v) is 19.2. The molecule has 20 heteroatoms. The van der Waals surface area contributed by atoms with Crippen molar-refractivity contribution in [3.8, 4) is 0 Å². The molecule has 0 radical (unpaired) electrons. The van der Waals surface area contributed by atoms with Crippen molar-refractivity contribution in [1.82, 2.24) is 0 Å². The molecule has 0 amide bonds. The maximum Gasteiger partial charge on any atom is 0.404 e. The van der Waals surface area contributed by atoms with Crippen LogP contribution in [0, 0.1) is 29.1 Å². The summed E-state index contributed by atoms with van der Waals surface area (Å²) in [5.41, 5.74) is -20.6. The summed E-state index contributed by atoms with van der Waals surface area (Å²) in [6, 6.07) is 0. The Morgan fingerprint density at radius 3 is 1.29 bits per heavy atom. The zero-order chi connectivity index (χ0) is 46.7. The molecule has 8 rings (SSSR count). The Hall–Kier alpha value is -3.74. The van der Waals surface area contributed by atoms with Crippen LogP contribution in [0.25, 0.3) is 0 Å².